The second-order valence-electron chi connectivity index (χ2n) is 3.15. The molecule has 0 N–H and O–H groups in total. The van der Waals surface area contributed by atoms with Crippen molar-refractivity contribution in [2.24, 2.45) is 0 Å². The topological polar surface area (TPSA) is 26.3 Å². The van der Waals surface area contributed by atoms with Gasteiger partial charge in [-0.15, -0.1) is 0 Å². The molecule has 0 saturated heterocycles. The molecule has 1 aromatic carbocycles. The lowest BCUT2D eigenvalue weighted by Crippen LogP contribution is -2.07. The van der Waals surface area contributed by atoms with Crippen molar-refractivity contribution in [2.75, 3.05) is 6.61 Å². The van der Waals surface area contributed by atoms with Gasteiger partial charge in [0.25, 0.3) is 0 Å². The van der Waals surface area contributed by atoms with E-state index in [1.54, 1.807) is 0 Å². The second kappa shape index (κ2) is 6.84. The minimum absolute atomic E-state index is 0.207. The molecule has 0 heterocycles. The lowest BCUT2D eigenvalue weighted by atomic mass is 10.2. The van der Waals surface area contributed by atoms with Crippen LogP contribution in [0.5, 0.6) is 0 Å². The van der Waals surface area contributed by atoms with Gasteiger partial charge in [0.2, 0.25) is 0 Å². The highest BCUT2D eigenvalue weighted by atomic mass is 127. The van der Waals surface area contributed by atoms with E-state index in [2.05, 4.69) is 45.2 Å². The fourth-order valence-corrected chi connectivity index (χ4v) is 3.29. The fraction of sp³-hybridized carbons (Fsp3) is 0.300. The molecule has 0 aliphatic rings. The number of carbonyl (C=O) groups excluding carboxylic acids is 1. The normalized spacial score (nSPS) is 10.3. The first-order chi connectivity index (χ1) is 7.13. The van der Waals surface area contributed by atoms with E-state index in [0.29, 0.717) is 12.2 Å². The van der Waals surface area contributed by atoms with Gasteiger partial charge in [0.05, 0.1) is 12.2 Å². The van der Waals surface area contributed by atoms with Gasteiger partial charge < -0.3 is 4.74 Å². The molecule has 0 bridgehead atoms. The first-order valence-corrected chi connectivity index (χ1v) is 8.34. The average Bonchev–Trinajstić information content (AvgIpc) is 2.16. The van der Waals surface area contributed by atoms with Crippen molar-refractivity contribution in [1.29, 1.82) is 0 Å². The van der Waals surface area contributed by atoms with Gasteiger partial charge in [-0.1, -0.05) is 6.04 Å². The standard InChI is InChI=1S/C10H12I2O2Si/c11-8-4-7(5-9(12)6-8)10(13)14-2-1-3-15/h4-6H,1-3H2,15H3. The Morgan fingerprint density at radius 1 is 1.27 bits per heavy atom. The average molecular weight is 446 g/mol. The lowest BCUT2D eigenvalue weighted by molar-refractivity contribution is 0.0505. The molecule has 0 aliphatic heterocycles. The van der Waals surface area contributed by atoms with Crippen LogP contribution >= 0.6 is 45.2 Å². The predicted octanol–water partition coefficient (Wildman–Crippen LogP) is 2.23. The molecule has 1 rings (SSSR count). The van der Waals surface area contributed by atoms with Crippen LogP contribution in [0.15, 0.2) is 18.2 Å². The fourth-order valence-electron chi connectivity index (χ4n) is 1.06. The Morgan fingerprint density at radius 3 is 2.40 bits per heavy atom. The Balaban J connectivity index is 2.65. The van der Waals surface area contributed by atoms with Gasteiger partial charge in [-0.25, -0.2) is 4.79 Å². The summed E-state index contributed by atoms with van der Waals surface area (Å²) in [5.74, 6) is -0.207. The zero-order valence-corrected chi connectivity index (χ0v) is 14.7. The summed E-state index contributed by atoms with van der Waals surface area (Å²) in [7, 11) is 1.17. The third kappa shape index (κ3) is 4.81. The van der Waals surface area contributed by atoms with E-state index in [-0.39, 0.29) is 5.97 Å². The number of hydrogen-bond donors (Lipinski definition) is 0. The van der Waals surface area contributed by atoms with Crippen molar-refractivity contribution < 1.29 is 9.53 Å². The third-order valence-corrected chi connectivity index (χ3v) is 3.78. The highest BCUT2D eigenvalue weighted by Gasteiger charge is 2.08. The summed E-state index contributed by atoms with van der Waals surface area (Å²) in [6.07, 6.45) is 0.985. The Bertz CT molecular complexity index is 335. The SMILES string of the molecule is O=C(OCCC[SiH3])c1cc(I)cc(I)c1. The molecule has 0 aliphatic carbocycles. The van der Waals surface area contributed by atoms with Crippen LogP contribution in [0.1, 0.15) is 16.8 Å². The van der Waals surface area contributed by atoms with Crippen LogP contribution in [-0.4, -0.2) is 22.8 Å². The van der Waals surface area contributed by atoms with E-state index in [9.17, 15) is 4.79 Å². The molecule has 0 radical (unpaired) electrons. The zero-order chi connectivity index (χ0) is 11.3. The maximum atomic E-state index is 11.6. The van der Waals surface area contributed by atoms with Crippen molar-refractivity contribution in [2.45, 2.75) is 12.5 Å². The summed E-state index contributed by atoms with van der Waals surface area (Å²) in [6.45, 7) is 0.546. The Hall–Kier alpha value is 0.367. The molecule has 0 fully saturated rings. The van der Waals surface area contributed by atoms with E-state index < -0.39 is 0 Å². The number of rotatable bonds is 4. The molecule has 0 amide bonds. The molecule has 82 valence electrons. The van der Waals surface area contributed by atoms with Crippen molar-refractivity contribution in [3.8, 4) is 0 Å². The first kappa shape index (κ1) is 13.4. The third-order valence-electron chi connectivity index (χ3n) is 1.83. The molecule has 2 nitrogen and oxygen atoms in total. The minimum Gasteiger partial charge on any atom is -0.462 e. The van der Waals surface area contributed by atoms with Crippen molar-refractivity contribution >= 4 is 61.4 Å². The smallest absolute Gasteiger partial charge is 0.338 e. The second-order valence-corrected chi connectivity index (χ2v) is 6.64. The zero-order valence-electron chi connectivity index (χ0n) is 8.43. The molecule has 0 aromatic heterocycles. The van der Waals surface area contributed by atoms with Crippen LogP contribution in [0.3, 0.4) is 0 Å². The Kier molecular flexibility index (Phi) is 6.13. The largest absolute Gasteiger partial charge is 0.462 e. The molecular formula is C10H12I2O2Si. The number of ether oxygens (including phenoxy) is 1. The monoisotopic (exact) mass is 446 g/mol. The highest BCUT2D eigenvalue weighted by Crippen LogP contribution is 2.15. The van der Waals surface area contributed by atoms with Crippen molar-refractivity contribution in [3.63, 3.8) is 0 Å². The molecule has 0 unspecified atom stereocenters. The summed E-state index contributed by atoms with van der Waals surface area (Å²) in [6, 6.07) is 6.91. The lowest BCUT2D eigenvalue weighted by Gasteiger charge is -2.04. The summed E-state index contributed by atoms with van der Waals surface area (Å²) in [4.78, 5) is 11.6. The van der Waals surface area contributed by atoms with Crippen LogP contribution in [-0.2, 0) is 4.74 Å². The number of esters is 1. The molecule has 15 heavy (non-hydrogen) atoms. The van der Waals surface area contributed by atoms with Gasteiger partial charge in [0.15, 0.2) is 0 Å². The summed E-state index contributed by atoms with van der Waals surface area (Å²) >= 11 is 4.40. The number of hydrogen-bond acceptors (Lipinski definition) is 2. The predicted molar refractivity (Wildman–Crippen MR) is 81.5 cm³/mol. The summed E-state index contributed by atoms with van der Waals surface area (Å²) < 4.78 is 7.28. The minimum atomic E-state index is -0.207. The Morgan fingerprint density at radius 2 is 1.87 bits per heavy atom. The molecule has 1 aromatic rings. The quantitative estimate of drug-likeness (QED) is 0.307. The number of carbonyl (C=O) groups is 1. The van der Waals surface area contributed by atoms with Crippen LogP contribution in [0, 0.1) is 7.14 Å². The van der Waals surface area contributed by atoms with E-state index in [4.69, 9.17) is 4.74 Å². The molecule has 0 spiro atoms. The molecule has 0 saturated carbocycles. The molecular weight excluding hydrogens is 434 g/mol. The van der Waals surface area contributed by atoms with Crippen molar-refractivity contribution in [3.05, 3.63) is 30.9 Å². The van der Waals surface area contributed by atoms with Gasteiger partial charge in [-0.2, -0.15) is 0 Å². The summed E-state index contributed by atoms with van der Waals surface area (Å²) in [5.41, 5.74) is 0.652. The number of halogens is 2. The van der Waals surface area contributed by atoms with Gasteiger partial charge in [-0.3, -0.25) is 0 Å². The van der Waals surface area contributed by atoms with E-state index in [1.807, 2.05) is 18.2 Å². The van der Waals surface area contributed by atoms with Crippen LogP contribution in [0.2, 0.25) is 6.04 Å². The van der Waals surface area contributed by atoms with Gasteiger partial charge >= 0.3 is 5.97 Å². The van der Waals surface area contributed by atoms with Crippen LogP contribution < -0.4 is 0 Å². The van der Waals surface area contributed by atoms with Gasteiger partial charge in [0.1, 0.15) is 0 Å². The maximum Gasteiger partial charge on any atom is 0.338 e. The Labute approximate surface area is 120 Å². The van der Waals surface area contributed by atoms with E-state index in [1.165, 1.54) is 16.3 Å². The molecule has 0 atom stereocenters. The van der Waals surface area contributed by atoms with E-state index >= 15 is 0 Å². The van der Waals surface area contributed by atoms with Gasteiger partial charge in [-0.05, 0) is 69.8 Å². The number of benzene rings is 1. The van der Waals surface area contributed by atoms with Gasteiger partial charge in [0, 0.05) is 17.4 Å². The van der Waals surface area contributed by atoms with Crippen LogP contribution in [0.25, 0.3) is 0 Å². The molecule has 5 heteroatoms. The van der Waals surface area contributed by atoms with Crippen LogP contribution in [0.4, 0.5) is 0 Å². The van der Waals surface area contributed by atoms with E-state index in [0.717, 1.165) is 13.6 Å². The summed E-state index contributed by atoms with van der Waals surface area (Å²) in [5, 5.41) is 0. The van der Waals surface area contributed by atoms with Crippen molar-refractivity contribution in [1.82, 2.24) is 0 Å². The maximum absolute atomic E-state index is 11.6. The first-order valence-electron chi connectivity index (χ1n) is 4.76. The highest BCUT2D eigenvalue weighted by molar-refractivity contribution is 14.1.